The van der Waals surface area contributed by atoms with E-state index in [1.54, 1.807) is 59.7 Å². The fourth-order valence-corrected chi connectivity index (χ4v) is 5.12. The number of primary amides is 1. The molecule has 44 heavy (non-hydrogen) atoms. The lowest BCUT2D eigenvalue weighted by molar-refractivity contribution is -0.155. The van der Waals surface area contributed by atoms with E-state index < -0.39 is 35.2 Å². The predicted molar refractivity (Wildman–Crippen MR) is 167 cm³/mol. The van der Waals surface area contributed by atoms with Gasteiger partial charge in [-0.05, 0) is 84.7 Å². The molecule has 234 valence electrons. The molecule has 1 atom stereocenters. The van der Waals surface area contributed by atoms with Gasteiger partial charge in [-0.3, -0.25) is 19.7 Å². The smallest absolute Gasteiger partial charge is 0.412 e. The highest BCUT2D eigenvalue weighted by molar-refractivity contribution is 6.01. The van der Waals surface area contributed by atoms with Crippen molar-refractivity contribution in [3.05, 3.63) is 59.4 Å². The molecule has 0 saturated heterocycles. The van der Waals surface area contributed by atoms with E-state index in [4.69, 9.17) is 20.2 Å². The summed E-state index contributed by atoms with van der Waals surface area (Å²) in [4.78, 5) is 56.4. The third-order valence-corrected chi connectivity index (χ3v) is 7.08. The van der Waals surface area contributed by atoms with Crippen LogP contribution in [0.5, 0.6) is 0 Å². The highest BCUT2D eigenvalue weighted by atomic mass is 16.6. The van der Waals surface area contributed by atoms with E-state index in [0.29, 0.717) is 11.3 Å². The Bertz CT molecular complexity index is 1590. The Balaban J connectivity index is 1.57. The molecule has 0 spiro atoms. The number of aromatic nitrogens is 2. The number of rotatable bonds is 8. The fraction of sp³-hybridized carbons (Fsp3) is 0.424. The highest BCUT2D eigenvalue weighted by Gasteiger charge is 2.36. The number of hydrogen-bond acceptors (Lipinski definition) is 7. The number of carbonyl (C=O) groups excluding carboxylic acids is 4. The standard InChI is InChI=1S/C33H41N5O6/c1-19-35-27(28(37(19)8)20-9-12-23(13-10-20)36-31(42)44-33(5,6)7)21-11-14-24-22(17-21)18-38(30(24)41)25(29(34)40)15-16-26(39)43-32(2,3)4/h9-14,17,25H,15-16,18H2,1-8H3,(H2,34,40)(H,36,42). The van der Waals surface area contributed by atoms with Gasteiger partial charge in [0.05, 0.1) is 11.4 Å². The molecule has 3 amide bonds. The first kappa shape index (κ1) is 32.2. The lowest BCUT2D eigenvalue weighted by atomic mass is 10.0. The van der Waals surface area contributed by atoms with Crippen LogP contribution in [-0.4, -0.2) is 55.6 Å². The molecule has 11 heteroatoms. The van der Waals surface area contributed by atoms with Crippen molar-refractivity contribution in [3.8, 4) is 22.5 Å². The van der Waals surface area contributed by atoms with Gasteiger partial charge in [0.25, 0.3) is 5.91 Å². The number of aryl methyl sites for hydroxylation is 1. The number of anilines is 1. The van der Waals surface area contributed by atoms with Crippen LogP contribution in [0.2, 0.25) is 0 Å². The summed E-state index contributed by atoms with van der Waals surface area (Å²) in [5, 5.41) is 2.74. The molecule has 0 saturated carbocycles. The Kier molecular flexibility index (Phi) is 8.90. The highest BCUT2D eigenvalue weighted by Crippen LogP contribution is 2.36. The minimum atomic E-state index is -0.952. The maximum absolute atomic E-state index is 13.3. The van der Waals surface area contributed by atoms with E-state index in [9.17, 15) is 19.2 Å². The molecule has 1 unspecified atom stereocenters. The molecule has 0 fully saturated rings. The zero-order valence-corrected chi connectivity index (χ0v) is 26.6. The monoisotopic (exact) mass is 603 g/mol. The number of ether oxygens (including phenoxy) is 2. The second-order valence-corrected chi connectivity index (χ2v) is 13.0. The first-order valence-electron chi connectivity index (χ1n) is 14.5. The van der Waals surface area contributed by atoms with E-state index in [1.807, 2.05) is 42.8 Å². The minimum Gasteiger partial charge on any atom is -0.460 e. The van der Waals surface area contributed by atoms with Crippen molar-refractivity contribution < 1.29 is 28.7 Å². The summed E-state index contributed by atoms with van der Waals surface area (Å²) in [5.74, 6) is -0.658. The summed E-state index contributed by atoms with van der Waals surface area (Å²) >= 11 is 0. The van der Waals surface area contributed by atoms with Crippen molar-refractivity contribution in [2.24, 2.45) is 12.8 Å². The van der Waals surface area contributed by atoms with Crippen LogP contribution in [0.15, 0.2) is 42.5 Å². The zero-order valence-electron chi connectivity index (χ0n) is 26.6. The van der Waals surface area contributed by atoms with Crippen LogP contribution in [0, 0.1) is 6.92 Å². The molecule has 0 bridgehead atoms. The van der Waals surface area contributed by atoms with Gasteiger partial charge in [-0.15, -0.1) is 0 Å². The van der Waals surface area contributed by atoms with Crippen molar-refractivity contribution in [2.45, 2.75) is 85.1 Å². The first-order chi connectivity index (χ1) is 20.4. The van der Waals surface area contributed by atoms with Crippen LogP contribution in [-0.2, 0) is 32.7 Å². The van der Waals surface area contributed by atoms with Crippen LogP contribution in [0.1, 0.15) is 76.1 Å². The van der Waals surface area contributed by atoms with E-state index in [0.717, 1.165) is 33.9 Å². The number of nitrogens with one attached hydrogen (secondary N) is 1. The van der Waals surface area contributed by atoms with Gasteiger partial charge < -0.3 is 24.7 Å². The molecular formula is C33H41N5O6. The molecule has 1 aromatic heterocycles. The van der Waals surface area contributed by atoms with Gasteiger partial charge in [0, 0.05) is 42.4 Å². The molecule has 3 aromatic rings. The summed E-state index contributed by atoms with van der Waals surface area (Å²) < 4.78 is 12.7. The van der Waals surface area contributed by atoms with Crippen LogP contribution in [0.3, 0.4) is 0 Å². The van der Waals surface area contributed by atoms with Gasteiger partial charge in [-0.25, -0.2) is 9.78 Å². The molecule has 0 radical (unpaired) electrons. The Morgan fingerprint density at radius 3 is 2.18 bits per heavy atom. The number of nitrogens with zero attached hydrogens (tertiary/aromatic N) is 3. The topological polar surface area (TPSA) is 146 Å². The van der Waals surface area contributed by atoms with Gasteiger partial charge in [0.15, 0.2) is 0 Å². The van der Waals surface area contributed by atoms with E-state index in [2.05, 4.69) is 5.32 Å². The molecular weight excluding hydrogens is 562 g/mol. The molecule has 1 aliphatic rings. The number of hydrogen-bond donors (Lipinski definition) is 2. The number of carbonyl (C=O) groups is 4. The number of benzene rings is 2. The Morgan fingerprint density at radius 2 is 1.59 bits per heavy atom. The lowest BCUT2D eigenvalue weighted by Gasteiger charge is -2.25. The molecule has 3 N–H and O–H groups in total. The number of nitrogens with two attached hydrogens (primary N) is 1. The maximum atomic E-state index is 13.3. The van der Waals surface area contributed by atoms with Gasteiger partial charge in [-0.2, -0.15) is 0 Å². The van der Waals surface area contributed by atoms with Crippen LogP contribution in [0.25, 0.3) is 22.5 Å². The maximum Gasteiger partial charge on any atom is 0.412 e. The quantitative estimate of drug-likeness (QED) is 0.331. The lowest BCUT2D eigenvalue weighted by Crippen LogP contribution is -2.45. The molecule has 2 heterocycles. The van der Waals surface area contributed by atoms with Crippen molar-refractivity contribution in [1.82, 2.24) is 14.5 Å². The zero-order chi connectivity index (χ0) is 32.6. The Labute approximate surface area is 257 Å². The Hall–Kier alpha value is -4.67. The summed E-state index contributed by atoms with van der Waals surface area (Å²) in [5.41, 5.74) is 9.50. The van der Waals surface area contributed by atoms with Crippen LogP contribution in [0.4, 0.5) is 10.5 Å². The van der Waals surface area contributed by atoms with E-state index in [-0.39, 0.29) is 25.3 Å². The third kappa shape index (κ3) is 7.45. The summed E-state index contributed by atoms with van der Waals surface area (Å²) in [6.07, 6.45) is -0.509. The second kappa shape index (κ2) is 12.1. The number of fused-ring (bicyclic) bond motifs is 1. The van der Waals surface area contributed by atoms with Crippen LogP contribution < -0.4 is 11.1 Å². The first-order valence-corrected chi connectivity index (χ1v) is 14.5. The fourth-order valence-electron chi connectivity index (χ4n) is 5.12. The second-order valence-electron chi connectivity index (χ2n) is 13.0. The SMILES string of the molecule is Cc1nc(-c2ccc3c(c2)CN(C(CCC(=O)OC(C)(C)C)C(N)=O)C3=O)c(-c2ccc(NC(=O)OC(C)(C)C)cc2)n1C. The van der Waals surface area contributed by atoms with E-state index >= 15 is 0 Å². The summed E-state index contributed by atoms with van der Waals surface area (Å²) in [6.45, 7) is 12.8. The summed E-state index contributed by atoms with van der Waals surface area (Å²) in [7, 11) is 1.93. The largest absolute Gasteiger partial charge is 0.460 e. The Morgan fingerprint density at radius 1 is 0.977 bits per heavy atom. The van der Waals surface area contributed by atoms with Gasteiger partial charge in [0.2, 0.25) is 5.91 Å². The average molecular weight is 604 g/mol. The molecule has 1 aliphatic heterocycles. The van der Waals surface area contributed by atoms with Crippen molar-refractivity contribution in [2.75, 3.05) is 5.32 Å². The summed E-state index contributed by atoms with van der Waals surface area (Å²) in [6, 6.07) is 11.9. The van der Waals surface area contributed by atoms with Gasteiger partial charge in [0.1, 0.15) is 23.1 Å². The van der Waals surface area contributed by atoms with Crippen LogP contribution >= 0.6 is 0 Å². The van der Waals surface area contributed by atoms with Crippen molar-refractivity contribution in [3.63, 3.8) is 0 Å². The predicted octanol–water partition coefficient (Wildman–Crippen LogP) is 5.34. The number of imidazole rings is 1. The minimum absolute atomic E-state index is 0.0427. The van der Waals surface area contributed by atoms with Crippen molar-refractivity contribution >= 4 is 29.6 Å². The van der Waals surface area contributed by atoms with Crippen molar-refractivity contribution in [1.29, 1.82) is 0 Å². The molecule has 2 aromatic carbocycles. The third-order valence-electron chi connectivity index (χ3n) is 7.08. The van der Waals surface area contributed by atoms with Gasteiger partial charge >= 0.3 is 12.1 Å². The normalized spacial score (nSPS) is 13.8. The molecule has 11 nitrogen and oxygen atoms in total. The van der Waals surface area contributed by atoms with E-state index in [1.165, 1.54) is 4.90 Å². The molecule has 0 aliphatic carbocycles. The van der Waals surface area contributed by atoms with Gasteiger partial charge in [-0.1, -0.05) is 18.2 Å². The number of esters is 1. The number of amides is 3. The molecule has 4 rings (SSSR count). The average Bonchev–Trinajstić information content (AvgIpc) is 3.37.